The molecule has 29 heavy (non-hydrogen) atoms. The third kappa shape index (κ3) is 5.79. The third-order valence-corrected chi connectivity index (χ3v) is 4.79. The monoisotopic (exact) mass is 414 g/mol. The molecule has 0 aliphatic carbocycles. The van der Waals surface area contributed by atoms with E-state index < -0.39 is 5.91 Å². The van der Waals surface area contributed by atoms with Crippen molar-refractivity contribution in [2.45, 2.75) is 6.54 Å². The molecule has 2 N–H and O–H groups in total. The maximum atomic E-state index is 12.9. The van der Waals surface area contributed by atoms with E-state index in [1.165, 1.54) is 31.4 Å². The predicted molar refractivity (Wildman–Crippen MR) is 109 cm³/mol. The standard InChI is InChI=1S/C21H19FN2O4S/c1-27-19-11-14(21(26)23-12-17-3-2-10-29-17)4-9-18(19)28-13-20(25)24-16-7-5-15(22)6-8-16/h2-11H,12-13H2,1H3,(H,23,26)(H,24,25). The molecular weight excluding hydrogens is 395 g/mol. The summed E-state index contributed by atoms with van der Waals surface area (Å²) in [6.45, 7) is 0.179. The third-order valence-electron chi connectivity index (χ3n) is 3.92. The topological polar surface area (TPSA) is 76.7 Å². The fraction of sp³-hybridized carbons (Fsp3) is 0.143. The van der Waals surface area contributed by atoms with Gasteiger partial charge in [0.15, 0.2) is 18.1 Å². The van der Waals surface area contributed by atoms with Crippen LogP contribution in [0.1, 0.15) is 15.2 Å². The van der Waals surface area contributed by atoms with Crippen LogP contribution in [0.3, 0.4) is 0 Å². The summed E-state index contributed by atoms with van der Waals surface area (Å²) in [7, 11) is 1.45. The van der Waals surface area contributed by atoms with E-state index in [4.69, 9.17) is 9.47 Å². The molecule has 0 aliphatic heterocycles. The Morgan fingerprint density at radius 3 is 2.55 bits per heavy atom. The molecule has 150 valence electrons. The molecule has 6 nitrogen and oxygen atoms in total. The van der Waals surface area contributed by atoms with E-state index in [9.17, 15) is 14.0 Å². The number of nitrogens with one attached hydrogen (secondary N) is 2. The van der Waals surface area contributed by atoms with E-state index in [-0.39, 0.29) is 18.3 Å². The average Bonchev–Trinajstić information content (AvgIpc) is 3.25. The maximum absolute atomic E-state index is 12.9. The van der Waals surface area contributed by atoms with Crippen molar-refractivity contribution in [2.24, 2.45) is 0 Å². The van der Waals surface area contributed by atoms with Crippen LogP contribution in [0.4, 0.5) is 10.1 Å². The van der Waals surface area contributed by atoms with Crippen molar-refractivity contribution in [1.29, 1.82) is 0 Å². The van der Waals surface area contributed by atoms with Crippen LogP contribution in [0.2, 0.25) is 0 Å². The van der Waals surface area contributed by atoms with Crippen molar-refractivity contribution in [1.82, 2.24) is 5.32 Å². The molecule has 2 amide bonds. The number of benzene rings is 2. The smallest absolute Gasteiger partial charge is 0.262 e. The molecule has 0 bridgehead atoms. The molecule has 0 spiro atoms. The zero-order chi connectivity index (χ0) is 20.6. The summed E-state index contributed by atoms with van der Waals surface area (Å²) in [5, 5.41) is 7.39. The highest BCUT2D eigenvalue weighted by Gasteiger charge is 2.13. The Hall–Kier alpha value is -3.39. The number of halogens is 1. The number of amides is 2. The van der Waals surface area contributed by atoms with Gasteiger partial charge in [-0.3, -0.25) is 9.59 Å². The van der Waals surface area contributed by atoms with Crippen LogP contribution in [0.15, 0.2) is 60.0 Å². The van der Waals surface area contributed by atoms with Crippen molar-refractivity contribution in [3.05, 3.63) is 76.2 Å². The molecule has 0 saturated heterocycles. The molecule has 2 aromatic carbocycles. The van der Waals surface area contributed by atoms with Crippen LogP contribution < -0.4 is 20.1 Å². The predicted octanol–water partition coefficient (Wildman–Crippen LogP) is 3.84. The van der Waals surface area contributed by atoms with Gasteiger partial charge in [0, 0.05) is 16.1 Å². The van der Waals surface area contributed by atoms with Crippen molar-refractivity contribution < 1.29 is 23.5 Å². The number of carbonyl (C=O) groups excluding carboxylic acids is 2. The summed E-state index contributed by atoms with van der Waals surface area (Å²) in [6, 6.07) is 14.0. The van der Waals surface area contributed by atoms with E-state index >= 15 is 0 Å². The van der Waals surface area contributed by atoms with Crippen molar-refractivity contribution in [3.8, 4) is 11.5 Å². The van der Waals surface area contributed by atoms with Gasteiger partial charge < -0.3 is 20.1 Å². The number of anilines is 1. The Bertz CT molecular complexity index is 975. The molecule has 0 saturated carbocycles. The Morgan fingerprint density at radius 2 is 1.86 bits per heavy atom. The molecular formula is C21H19FN2O4S. The first-order valence-electron chi connectivity index (χ1n) is 8.72. The van der Waals surface area contributed by atoms with Crippen LogP contribution in [0.25, 0.3) is 0 Å². The number of ether oxygens (including phenoxy) is 2. The van der Waals surface area contributed by atoms with Crippen LogP contribution >= 0.6 is 11.3 Å². The van der Waals surface area contributed by atoms with E-state index in [0.717, 1.165) is 4.88 Å². The number of methoxy groups -OCH3 is 1. The molecule has 0 unspecified atom stereocenters. The Morgan fingerprint density at radius 1 is 1.07 bits per heavy atom. The fourth-order valence-corrected chi connectivity index (χ4v) is 3.13. The molecule has 0 radical (unpaired) electrons. The highest BCUT2D eigenvalue weighted by molar-refractivity contribution is 7.09. The lowest BCUT2D eigenvalue weighted by atomic mass is 10.2. The number of hydrogen-bond acceptors (Lipinski definition) is 5. The van der Waals surface area contributed by atoms with Crippen LogP contribution in [-0.4, -0.2) is 25.5 Å². The number of carbonyl (C=O) groups is 2. The number of hydrogen-bond donors (Lipinski definition) is 2. The highest BCUT2D eigenvalue weighted by Crippen LogP contribution is 2.28. The van der Waals surface area contributed by atoms with Gasteiger partial charge >= 0.3 is 0 Å². The van der Waals surface area contributed by atoms with E-state index in [1.54, 1.807) is 29.5 Å². The molecule has 0 fully saturated rings. The Kier molecular flexibility index (Phi) is 6.80. The lowest BCUT2D eigenvalue weighted by Gasteiger charge is -2.12. The summed E-state index contributed by atoms with van der Waals surface area (Å²) in [5.74, 6) is -0.364. The van der Waals surface area contributed by atoms with Crippen LogP contribution in [0.5, 0.6) is 11.5 Å². The summed E-state index contributed by atoms with van der Waals surface area (Å²) in [4.78, 5) is 25.4. The summed E-state index contributed by atoms with van der Waals surface area (Å²) in [6.07, 6.45) is 0. The molecule has 1 aromatic heterocycles. The van der Waals surface area contributed by atoms with E-state index in [2.05, 4.69) is 10.6 Å². The van der Waals surface area contributed by atoms with Gasteiger partial charge in [-0.15, -0.1) is 11.3 Å². The van der Waals surface area contributed by atoms with E-state index in [1.807, 2.05) is 17.5 Å². The van der Waals surface area contributed by atoms with Gasteiger partial charge in [0.2, 0.25) is 0 Å². The second kappa shape index (κ2) is 9.70. The molecule has 3 aromatic rings. The lowest BCUT2D eigenvalue weighted by molar-refractivity contribution is -0.118. The first kappa shape index (κ1) is 20.3. The van der Waals surface area contributed by atoms with Crippen molar-refractivity contribution in [2.75, 3.05) is 19.0 Å². The summed E-state index contributed by atoms with van der Waals surface area (Å²) in [5.41, 5.74) is 0.881. The SMILES string of the molecule is COc1cc(C(=O)NCc2cccs2)ccc1OCC(=O)Nc1ccc(F)cc1. The second-order valence-corrected chi connectivity index (χ2v) is 7.00. The van der Waals surface area contributed by atoms with Crippen LogP contribution in [-0.2, 0) is 11.3 Å². The minimum absolute atomic E-state index is 0.239. The van der Waals surface area contributed by atoms with Gasteiger partial charge in [0.05, 0.1) is 13.7 Å². The van der Waals surface area contributed by atoms with Gasteiger partial charge in [0.25, 0.3) is 11.8 Å². The highest BCUT2D eigenvalue weighted by atomic mass is 32.1. The van der Waals surface area contributed by atoms with Gasteiger partial charge in [0.1, 0.15) is 5.82 Å². The largest absolute Gasteiger partial charge is 0.493 e. The van der Waals surface area contributed by atoms with E-state index in [0.29, 0.717) is 29.3 Å². The summed E-state index contributed by atoms with van der Waals surface area (Å²) < 4.78 is 23.7. The minimum atomic E-state index is -0.406. The average molecular weight is 414 g/mol. The molecule has 1 heterocycles. The Labute approximate surface area is 171 Å². The van der Waals surface area contributed by atoms with Crippen molar-refractivity contribution >= 4 is 28.8 Å². The zero-order valence-corrected chi connectivity index (χ0v) is 16.4. The van der Waals surface area contributed by atoms with Crippen molar-refractivity contribution in [3.63, 3.8) is 0 Å². The van der Waals surface area contributed by atoms with Crippen LogP contribution in [0, 0.1) is 5.82 Å². The van der Waals surface area contributed by atoms with Gasteiger partial charge in [-0.25, -0.2) is 4.39 Å². The lowest BCUT2D eigenvalue weighted by Crippen LogP contribution is -2.22. The molecule has 8 heteroatoms. The normalized spacial score (nSPS) is 10.3. The number of rotatable bonds is 8. The fourth-order valence-electron chi connectivity index (χ4n) is 2.48. The second-order valence-electron chi connectivity index (χ2n) is 5.97. The molecule has 0 atom stereocenters. The van der Waals surface area contributed by atoms with Gasteiger partial charge in [-0.2, -0.15) is 0 Å². The summed E-state index contributed by atoms with van der Waals surface area (Å²) >= 11 is 1.56. The van der Waals surface area contributed by atoms with Gasteiger partial charge in [-0.1, -0.05) is 6.07 Å². The molecule has 0 aliphatic rings. The first-order valence-corrected chi connectivity index (χ1v) is 9.60. The minimum Gasteiger partial charge on any atom is -0.493 e. The molecule has 3 rings (SSSR count). The first-order chi connectivity index (χ1) is 14.0. The maximum Gasteiger partial charge on any atom is 0.262 e. The van der Waals surface area contributed by atoms with Gasteiger partial charge in [-0.05, 0) is 53.9 Å². The zero-order valence-electron chi connectivity index (χ0n) is 15.6. The number of thiophene rings is 1. The Balaban J connectivity index is 1.57. The quantitative estimate of drug-likeness (QED) is 0.587.